The van der Waals surface area contributed by atoms with E-state index in [9.17, 15) is 9.59 Å². The fraction of sp³-hybridized carbons (Fsp3) is 0.520. The number of ether oxygens (including phenoxy) is 1. The average molecular weight is 533 g/mol. The Hall–Kier alpha value is -2.56. The number of hydrogen-bond acceptors (Lipinski definition) is 8. The van der Waals surface area contributed by atoms with Crippen LogP contribution in [0.1, 0.15) is 24.2 Å². The molecule has 11 heteroatoms. The predicted octanol–water partition coefficient (Wildman–Crippen LogP) is 2.75. The zero-order valence-electron chi connectivity index (χ0n) is 21.0. The van der Waals surface area contributed by atoms with E-state index in [0.29, 0.717) is 47.1 Å². The number of benzene rings is 1. The summed E-state index contributed by atoms with van der Waals surface area (Å²) in [5.41, 5.74) is 0.610. The van der Waals surface area contributed by atoms with Crippen LogP contribution in [-0.2, 0) is 4.79 Å². The minimum atomic E-state index is -0.0225. The molecule has 4 rings (SSSR count). The van der Waals surface area contributed by atoms with Crippen LogP contribution in [0.15, 0.2) is 35.5 Å². The molecular weight excluding hydrogens is 500 g/mol. The topological polar surface area (TPSA) is 82.1 Å². The summed E-state index contributed by atoms with van der Waals surface area (Å²) in [4.78, 5) is 43.0. The maximum Gasteiger partial charge on any atom is 0.254 e. The Labute approximate surface area is 221 Å². The van der Waals surface area contributed by atoms with Gasteiger partial charge in [0.05, 0.1) is 12.9 Å². The molecule has 2 saturated heterocycles. The second-order valence-corrected chi connectivity index (χ2v) is 10.3. The molecule has 0 aliphatic carbocycles. The Morgan fingerprint density at radius 2 is 1.89 bits per heavy atom. The van der Waals surface area contributed by atoms with Crippen molar-refractivity contribution in [3.8, 4) is 5.75 Å². The molecule has 1 atom stereocenters. The molecule has 1 aromatic heterocycles. The maximum absolute atomic E-state index is 13.1. The minimum Gasteiger partial charge on any atom is -0.497 e. The van der Waals surface area contributed by atoms with Gasteiger partial charge in [0.2, 0.25) is 5.91 Å². The Balaban J connectivity index is 1.35. The van der Waals surface area contributed by atoms with Gasteiger partial charge >= 0.3 is 0 Å². The third-order valence-electron chi connectivity index (χ3n) is 6.69. The number of thioether (sulfide) groups is 1. The zero-order chi connectivity index (χ0) is 25.7. The van der Waals surface area contributed by atoms with E-state index < -0.39 is 0 Å². The fourth-order valence-corrected chi connectivity index (χ4v) is 5.52. The van der Waals surface area contributed by atoms with Gasteiger partial charge in [-0.25, -0.2) is 9.97 Å². The molecule has 0 radical (unpaired) electrons. The zero-order valence-corrected chi connectivity index (χ0v) is 22.6. The smallest absolute Gasteiger partial charge is 0.254 e. The standard InChI is InChI=1S/C25H33ClN6O3S/c1-4-29-8-10-30(11-9-29)23(33)17-36-25-27-21(26)15-22(28-25)31-12-13-32(18(2)16-31)24(34)19-6-5-7-20(14-19)35-3/h5-7,14-15,18H,4,8-13,16-17H2,1-3H3. The van der Waals surface area contributed by atoms with Crippen LogP contribution in [0, 0.1) is 0 Å². The number of carbonyl (C=O) groups excluding carboxylic acids is 2. The van der Waals surface area contributed by atoms with Crippen molar-refractivity contribution in [3.63, 3.8) is 0 Å². The molecule has 0 bridgehead atoms. The summed E-state index contributed by atoms with van der Waals surface area (Å²) in [7, 11) is 1.59. The number of methoxy groups -OCH3 is 1. The molecule has 9 nitrogen and oxygen atoms in total. The number of nitrogens with zero attached hydrogens (tertiary/aromatic N) is 6. The molecule has 2 aliphatic rings. The first-order valence-corrected chi connectivity index (χ1v) is 13.6. The lowest BCUT2D eigenvalue weighted by Crippen LogP contribution is -2.54. The van der Waals surface area contributed by atoms with Crippen molar-refractivity contribution in [3.05, 3.63) is 41.0 Å². The van der Waals surface area contributed by atoms with Gasteiger partial charge in [-0.05, 0) is 31.7 Å². The lowest BCUT2D eigenvalue weighted by molar-refractivity contribution is -0.130. The number of hydrogen-bond donors (Lipinski definition) is 0. The van der Waals surface area contributed by atoms with Gasteiger partial charge in [0.25, 0.3) is 5.91 Å². The largest absolute Gasteiger partial charge is 0.497 e. The van der Waals surface area contributed by atoms with Crippen LogP contribution < -0.4 is 9.64 Å². The van der Waals surface area contributed by atoms with E-state index in [2.05, 4.69) is 26.7 Å². The van der Waals surface area contributed by atoms with E-state index in [1.54, 1.807) is 19.2 Å². The highest BCUT2D eigenvalue weighted by Crippen LogP contribution is 2.25. The van der Waals surface area contributed by atoms with Gasteiger partial charge in [-0.3, -0.25) is 9.59 Å². The van der Waals surface area contributed by atoms with Crippen LogP contribution in [0.3, 0.4) is 0 Å². The molecule has 0 saturated carbocycles. The van der Waals surface area contributed by atoms with Crippen molar-refractivity contribution in [1.29, 1.82) is 0 Å². The van der Waals surface area contributed by atoms with E-state index in [1.165, 1.54) is 11.8 Å². The number of aromatic nitrogens is 2. The molecule has 194 valence electrons. The molecular formula is C25H33ClN6O3S. The quantitative estimate of drug-likeness (QED) is 0.306. The number of rotatable bonds is 7. The molecule has 2 aromatic rings. The number of halogens is 1. The lowest BCUT2D eigenvalue weighted by Gasteiger charge is -2.40. The number of likely N-dealkylation sites (N-methyl/N-ethyl adjacent to an activating group) is 1. The highest BCUT2D eigenvalue weighted by Gasteiger charge is 2.29. The second kappa shape index (κ2) is 12.1. The van der Waals surface area contributed by atoms with Crippen LogP contribution in [0.5, 0.6) is 5.75 Å². The number of amides is 2. The van der Waals surface area contributed by atoms with Crippen molar-refractivity contribution >= 4 is 41.0 Å². The molecule has 1 unspecified atom stereocenters. The van der Waals surface area contributed by atoms with E-state index in [1.807, 2.05) is 34.9 Å². The molecule has 1 aromatic carbocycles. The van der Waals surface area contributed by atoms with Crippen LogP contribution in [0.4, 0.5) is 5.82 Å². The summed E-state index contributed by atoms with van der Waals surface area (Å²) in [5, 5.41) is 0.828. The van der Waals surface area contributed by atoms with Crippen molar-refractivity contribution in [2.45, 2.75) is 25.0 Å². The van der Waals surface area contributed by atoms with E-state index >= 15 is 0 Å². The van der Waals surface area contributed by atoms with Gasteiger partial charge in [-0.2, -0.15) is 0 Å². The normalized spacial score (nSPS) is 18.9. The Morgan fingerprint density at radius 3 is 2.58 bits per heavy atom. The SMILES string of the molecule is CCN1CCN(C(=O)CSc2nc(Cl)cc(N3CCN(C(=O)c4cccc(OC)c4)C(C)C3)n2)CC1. The van der Waals surface area contributed by atoms with Crippen molar-refractivity contribution in [2.75, 3.05) is 70.1 Å². The van der Waals surface area contributed by atoms with Crippen LogP contribution >= 0.6 is 23.4 Å². The summed E-state index contributed by atoms with van der Waals surface area (Å²) in [5.74, 6) is 1.73. The summed E-state index contributed by atoms with van der Waals surface area (Å²) >= 11 is 7.63. The van der Waals surface area contributed by atoms with E-state index in [4.69, 9.17) is 16.3 Å². The van der Waals surface area contributed by atoms with Gasteiger partial charge in [0.15, 0.2) is 5.16 Å². The third kappa shape index (κ3) is 6.41. The van der Waals surface area contributed by atoms with Gasteiger partial charge < -0.3 is 24.3 Å². The Morgan fingerprint density at radius 1 is 1.11 bits per heavy atom. The molecule has 2 fully saturated rings. The highest BCUT2D eigenvalue weighted by atomic mass is 35.5. The molecule has 0 spiro atoms. The van der Waals surface area contributed by atoms with Gasteiger partial charge in [0, 0.05) is 63.5 Å². The van der Waals surface area contributed by atoms with Crippen molar-refractivity contribution in [1.82, 2.24) is 24.7 Å². The summed E-state index contributed by atoms with van der Waals surface area (Å²) in [6, 6.07) is 8.94. The number of anilines is 1. The number of carbonyl (C=O) groups is 2. The number of piperazine rings is 2. The summed E-state index contributed by atoms with van der Waals surface area (Å²) in [6.45, 7) is 10.3. The van der Waals surface area contributed by atoms with E-state index in [-0.39, 0.29) is 23.6 Å². The highest BCUT2D eigenvalue weighted by molar-refractivity contribution is 7.99. The fourth-order valence-electron chi connectivity index (χ4n) is 4.53. The van der Waals surface area contributed by atoms with Gasteiger partial charge in [0.1, 0.15) is 16.7 Å². The van der Waals surface area contributed by atoms with Crippen LogP contribution in [0.2, 0.25) is 5.15 Å². The van der Waals surface area contributed by atoms with Crippen LogP contribution in [-0.4, -0.2) is 108 Å². The minimum absolute atomic E-state index is 0.0173. The first kappa shape index (κ1) is 26.5. The third-order valence-corrected chi connectivity index (χ3v) is 7.71. The average Bonchev–Trinajstić information content (AvgIpc) is 2.91. The predicted molar refractivity (Wildman–Crippen MR) is 142 cm³/mol. The molecule has 2 amide bonds. The first-order valence-electron chi connectivity index (χ1n) is 12.3. The van der Waals surface area contributed by atoms with Crippen molar-refractivity contribution in [2.24, 2.45) is 0 Å². The Bertz CT molecular complexity index is 1080. The molecule has 2 aliphatic heterocycles. The lowest BCUT2D eigenvalue weighted by atomic mass is 10.1. The molecule has 36 heavy (non-hydrogen) atoms. The monoisotopic (exact) mass is 532 g/mol. The van der Waals surface area contributed by atoms with Crippen molar-refractivity contribution < 1.29 is 14.3 Å². The summed E-state index contributed by atoms with van der Waals surface area (Å²) < 4.78 is 5.26. The van der Waals surface area contributed by atoms with Gasteiger partial charge in [-0.15, -0.1) is 0 Å². The second-order valence-electron chi connectivity index (χ2n) is 8.96. The van der Waals surface area contributed by atoms with Crippen LogP contribution in [0.25, 0.3) is 0 Å². The Kier molecular flexibility index (Phi) is 8.92. The van der Waals surface area contributed by atoms with Gasteiger partial charge in [-0.1, -0.05) is 36.4 Å². The molecule has 0 N–H and O–H groups in total. The first-order chi connectivity index (χ1) is 17.4. The van der Waals surface area contributed by atoms with E-state index in [0.717, 1.165) is 32.7 Å². The summed E-state index contributed by atoms with van der Waals surface area (Å²) in [6.07, 6.45) is 0. The molecule has 3 heterocycles. The maximum atomic E-state index is 13.1.